The third-order valence-corrected chi connectivity index (χ3v) is 8.37. The van der Waals surface area contributed by atoms with Gasteiger partial charge in [0.15, 0.2) is 11.6 Å². The maximum atomic E-state index is 14.3. The van der Waals surface area contributed by atoms with Gasteiger partial charge in [-0.15, -0.1) is 0 Å². The molecule has 0 radical (unpaired) electrons. The number of hydrazine groups is 1. The smallest absolute Gasteiger partial charge is 0.266 e. The number of aliphatic hydroxyl groups excluding tert-OH is 1. The Bertz CT molecular complexity index is 1590. The largest absolute Gasteiger partial charge is 0.494 e. The van der Waals surface area contributed by atoms with E-state index in [1.165, 1.54) is 0 Å². The van der Waals surface area contributed by atoms with E-state index in [0.29, 0.717) is 52.4 Å². The highest BCUT2D eigenvalue weighted by atomic mass is 79.9. The molecule has 0 unspecified atom stereocenters. The van der Waals surface area contributed by atoms with Crippen molar-refractivity contribution in [1.29, 1.82) is 0 Å². The van der Waals surface area contributed by atoms with Crippen molar-refractivity contribution in [2.45, 2.75) is 31.0 Å². The van der Waals surface area contributed by atoms with Crippen molar-refractivity contribution in [3.05, 3.63) is 134 Å². The summed E-state index contributed by atoms with van der Waals surface area (Å²) in [6.07, 6.45) is -0.132. The van der Waals surface area contributed by atoms with Crippen molar-refractivity contribution in [3.63, 3.8) is 0 Å². The lowest BCUT2D eigenvalue weighted by molar-refractivity contribution is -0.130. The fraction of sp³-hybridized carbons (Fsp3) is 0.212. The molecule has 222 valence electrons. The standard InChI is InChI=1S/C33H30BrCl2N3O4/c34-28-10-5-4-9-24(28)20-33(32(41)39-37-21-22-7-2-1-3-8-22)30(27-16-13-25(35)19-29(27)36)43-31(38-33)23-11-14-26(15-12-23)42-18-6-17-40/h1-5,7-16,19,30,37,40H,6,17-18,20-21H2,(H,39,41)/t30-,33-/m0/s1. The number of hydrogen-bond acceptors (Lipinski definition) is 6. The first-order valence-corrected chi connectivity index (χ1v) is 15.3. The molecule has 0 bridgehead atoms. The van der Waals surface area contributed by atoms with E-state index < -0.39 is 11.6 Å². The monoisotopic (exact) mass is 681 g/mol. The van der Waals surface area contributed by atoms with Gasteiger partial charge in [-0.1, -0.05) is 93.7 Å². The molecule has 0 spiro atoms. The maximum Gasteiger partial charge on any atom is 0.266 e. The van der Waals surface area contributed by atoms with E-state index in [1.54, 1.807) is 30.3 Å². The van der Waals surface area contributed by atoms with Gasteiger partial charge in [0, 0.05) is 51.6 Å². The Balaban J connectivity index is 1.55. The molecule has 5 rings (SSSR count). The normalized spacial score (nSPS) is 17.7. The molecule has 1 amide bonds. The number of rotatable bonds is 12. The summed E-state index contributed by atoms with van der Waals surface area (Å²) in [5.74, 6) is 0.563. The molecule has 4 aromatic carbocycles. The molecule has 0 aromatic heterocycles. The van der Waals surface area contributed by atoms with Crippen LogP contribution in [0.3, 0.4) is 0 Å². The number of benzene rings is 4. The minimum atomic E-state index is -1.45. The zero-order chi connectivity index (χ0) is 30.2. The first-order chi connectivity index (χ1) is 20.9. The molecule has 3 N–H and O–H groups in total. The van der Waals surface area contributed by atoms with Crippen LogP contribution in [0.5, 0.6) is 5.75 Å². The van der Waals surface area contributed by atoms with Gasteiger partial charge in [0.1, 0.15) is 5.75 Å². The molecule has 4 aromatic rings. The van der Waals surface area contributed by atoms with Crippen LogP contribution < -0.4 is 15.6 Å². The fourth-order valence-electron chi connectivity index (χ4n) is 4.84. The Labute approximate surface area is 269 Å². The summed E-state index contributed by atoms with van der Waals surface area (Å²) >= 11 is 16.6. The Morgan fingerprint density at radius 2 is 1.74 bits per heavy atom. The lowest BCUT2D eigenvalue weighted by Gasteiger charge is -2.31. The Hall–Kier alpha value is -3.40. The minimum Gasteiger partial charge on any atom is -0.494 e. The molecule has 1 aliphatic heterocycles. The van der Waals surface area contributed by atoms with E-state index in [-0.39, 0.29) is 18.9 Å². The molecular weight excluding hydrogens is 653 g/mol. The molecule has 0 saturated carbocycles. The second kappa shape index (κ2) is 14.4. The molecule has 10 heteroatoms. The molecule has 2 atom stereocenters. The number of nitrogens with one attached hydrogen (secondary N) is 2. The van der Waals surface area contributed by atoms with E-state index in [2.05, 4.69) is 26.8 Å². The number of carbonyl (C=O) groups excluding carboxylic acids is 1. The van der Waals surface area contributed by atoms with Gasteiger partial charge in [0.25, 0.3) is 5.91 Å². The second-order valence-corrected chi connectivity index (χ2v) is 11.7. The Morgan fingerprint density at radius 3 is 2.47 bits per heavy atom. The zero-order valence-corrected chi connectivity index (χ0v) is 26.2. The van der Waals surface area contributed by atoms with Crippen LogP contribution in [-0.2, 0) is 22.5 Å². The van der Waals surface area contributed by atoms with Crippen molar-refractivity contribution in [3.8, 4) is 5.75 Å². The molecule has 1 heterocycles. The minimum absolute atomic E-state index is 0.0548. The lowest BCUT2D eigenvalue weighted by atomic mass is 9.82. The van der Waals surface area contributed by atoms with Crippen LogP contribution in [0, 0.1) is 0 Å². The van der Waals surface area contributed by atoms with E-state index in [4.69, 9.17) is 42.8 Å². The summed E-state index contributed by atoms with van der Waals surface area (Å²) in [7, 11) is 0. The quantitative estimate of drug-likeness (QED) is 0.112. The van der Waals surface area contributed by atoms with Crippen LogP contribution in [-0.4, -0.2) is 35.7 Å². The molecule has 7 nitrogen and oxygen atoms in total. The molecule has 0 fully saturated rings. The highest BCUT2D eigenvalue weighted by Crippen LogP contribution is 2.45. The Morgan fingerprint density at radius 1 is 1.00 bits per heavy atom. The Kier molecular flexibility index (Phi) is 10.4. The predicted molar refractivity (Wildman–Crippen MR) is 172 cm³/mol. The molecular formula is C33H30BrCl2N3O4. The summed E-state index contributed by atoms with van der Waals surface area (Å²) in [4.78, 5) is 19.4. The average molecular weight is 683 g/mol. The van der Waals surface area contributed by atoms with Crippen molar-refractivity contribution in [1.82, 2.24) is 10.9 Å². The van der Waals surface area contributed by atoms with Crippen molar-refractivity contribution >= 4 is 50.9 Å². The number of hydrogen-bond donors (Lipinski definition) is 3. The fourth-order valence-corrected chi connectivity index (χ4v) is 5.77. The van der Waals surface area contributed by atoms with Crippen molar-refractivity contribution in [2.24, 2.45) is 4.99 Å². The number of aliphatic hydroxyl groups is 1. The van der Waals surface area contributed by atoms with Gasteiger partial charge in [0.05, 0.1) is 6.61 Å². The summed E-state index contributed by atoms with van der Waals surface area (Å²) in [5.41, 5.74) is 7.64. The van der Waals surface area contributed by atoms with Crippen LogP contribution in [0.4, 0.5) is 0 Å². The third kappa shape index (κ3) is 7.40. The number of halogens is 3. The first-order valence-electron chi connectivity index (χ1n) is 13.8. The van der Waals surface area contributed by atoms with Gasteiger partial charge in [-0.05, 0) is 53.6 Å². The summed E-state index contributed by atoms with van der Waals surface area (Å²) in [6, 6.07) is 29.8. The van der Waals surface area contributed by atoms with Gasteiger partial charge < -0.3 is 14.6 Å². The van der Waals surface area contributed by atoms with Crippen LogP contribution >= 0.6 is 39.1 Å². The molecule has 0 saturated heterocycles. The van der Waals surface area contributed by atoms with Gasteiger partial charge in [0.2, 0.25) is 5.90 Å². The van der Waals surface area contributed by atoms with Crippen LogP contribution in [0.1, 0.15) is 34.8 Å². The summed E-state index contributed by atoms with van der Waals surface area (Å²) < 4.78 is 13.1. The highest BCUT2D eigenvalue weighted by Gasteiger charge is 2.54. The SMILES string of the molecule is O=C(NNCc1ccccc1)[C@@]1(Cc2ccccc2Br)N=C(c2ccc(OCCCO)cc2)O[C@H]1c1ccc(Cl)cc1Cl. The predicted octanol–water partition coefficient (Wildman–Crippen LogP) is 6.84. The van der Waals surface area contributed by atoms with E-state index in [1.807, 2.05) is 66.7 Å². The van der Waals surface area contributed by atoms with Crippen LogP contribution in [0.2, 0.25) is 10.0 Å². The summed E-state index contributed by atoms with van der Waals surface area (Å²) in [5, 5.41) is 9.88. The topological polar surface area (TPSA) is 92.2 Å². The number of nitrogens with zero attached hydrogens (tertiary/aromatic N) is 1. The first kappa shape index (κ1) is 31.0. The molecule has 1 aliphatic rings. The second-order valence-electron chi connectivity index (χ2n) is 10.0. The van der Waals surface area contributed by atoms with Gasteiger partial charge in [-0.2, -0.15) is 0 Å². The number of ether oxygens (including phenoxy) is 2. The van der Waals surface area contributed by atoms with Gasteiger partial charge in [-0.3, -0.25) is 10.2 Å². The number of amides is 1. The third-order valence-electron chi connectivity index (χ3n) is 7.03. The number of aliphatic imine (C=N–C) groups is 1. The maximum absolute atomic E-state index is 14.3. The van der Waals surface area contributed by atoms with Crippen molar-refractivity contribution < 1.29 is 19.4 Å². The summed E-state index contributed by atoms with van der Waals surface area (Å²) in [6.45, 7) is 0.869. The zero-order valence-electron chi connectivity index (χ0n) is 23.1. The lowest BCUT2D eigenvalue weighted by Crippen LogP contribution is -2.53. The van der Waals surface area contributed by atoms with Crippen LogP contribution in [0.15, 0.2) is 107 Å². The van der Waals surface area contributed by atoms with E-state index >= 15 is 0 Å². The number of carbonyl (C=O) groups is 1. The van der Waals surface area contributed by atoms with E-state index in [9.17, 15) is 4.79 Å². The van der Waals surface area contributed by atoms with Gasteiger partial charge in [-0.25, -0.2) is 10.4 Å². The van der Waals surface area contributed by atoms with Gasteiger partial charge >= 0.3 is 0 Å². The highest BCUT2D eigenvalue weighted by molar-refractivity contribution is 9.10. The van der Waals surface area contributed by atoms with Crippen molar-refractivity contribution in [2.75, 3.05) is 13.2 Å². The average Bonchev–Trinajstić information content (AvgIpc) is 3.39. The molecule has 0 aliphatic carbocycles. The molecule has 43 heavy (non-hydrogen) atoms. The van der Waals surface area contributed by atoms with Crippen LogP contribution in [0.25, 0.3) is 0 Å². The van der Waals surface area contributed by atoms with E-state index in [0.717, 1.165) is 15.6 Å².